The minimum Gasteiger partial charge on any atom is -0.387 e. The number of hydrogen-bond acceptors (Lipinski definition) is 7. The van der Waals surface area contributed by atoms with Crippen LogP contribution in [0.2, 0.25) is 5.28 Å². The van der Waals surface area contributed by atoms with E-state index in [1.807, 2.05) is 0 Å². The summed E-state index contributed by atoms with van der Waals surface area (Å²) in [6.07, 6.45) is 2.09. The van der Waals surface area contributed by atoms with Crippen LogP contribution >= 0.6 is 11.6 Å². The molecule has 1 aliphatic rings. The molecule has 1 aliphatic carbocycles. The van der Waals surface area contributed by atoms with Crippen molar-refractivity contribution in [2.24, 2.45) is 5.41 Å². The molecule has 2 aromatic rings. The third-order valence-electron chi connectivity index (χ3n) is 5.30. The molecule has 1 amide bonds. The lowest BCUT2D eigenvalue weighted by atomic mass is 9.76. The molecule has 0 unspecified atom stereocenters. The number of imidazole rings is 1. The monoisotopic (exact) mass is 382 g/mol. The molecule has 0 saturated heterocycles. The van der Waals surface area contributed by atoms with Gasteiger partial charge in [0.05, 0.1) is 11.7 Å². The lowest BCUT2D eigenvalue weighted by molar-refractivity contribution is -0.183. The van der Waals surface area contributed by atoms with Gasteiger partial charge in [-0.15, -0.1) is 0 Å². The van der Waals surface area contributed by atoms with E-state index in [9.17, 15) is 15.0 Å². The minimum absolute atomic E-state index is 0.00984. The number of halogens is 1. The Hall–Kier alpha value is -1.97. The van der Waals surface area contributed by atoms with Crippen molar-refractivity contribution >= 4 is 34.5 Å². The van der Waals surface area contributed by atoms with Gasteiger partial charge in [-0.3, -0.25) is 9.36 Å². The molecular weight excluding hydrogens is 360 g/mol. The highest BCUT2D eigenvalue weighted by molar-refractivity contribution is 6.28. The molecule has 0 aromatic carbocycles. The number of aliphatic hydroxyl groups is 2. The maximum absolute atomic E-state index is 12.5. The van der Waals surface area contributed by atoms with E-state index in [-0.39, 0.29) is 23.3 Å². The Morgan fingerprint density at radius 1 is 1.35 bits per heavy atom. The van der Waals surface area contributed by atoms with Gasteiger partial charge in [-0.2, -0.15) is 9.97 Å². The lowest BCUT2D eigenvalue weighted by Crippen LogP contribution is -2.56. The second-order valence-corrected chi connectivity index (χ2v) is 7.20. The van der Waals surface area contributed by atoms with E-state index < -0.39 is 17.2 Å². The molecule has 10 heteroatoms. The third-order valence-corrected chi connectivity index (χ3v) is 5.47. The zero-order chi connectivity index (χ0) is 19.1. The number of aromatic nitrogens is 4. The average molecular weight is 383 g/mol. The minimum atomic E-state index is -1.75. The molecule has 1 fully saturated rings. The van der Waals surface area contributed by atoms with Crippen molar-refractivity contribution in [3.05, 3.63) is 11.6 Å². The zero-order valence-electron chi connectivity index (χ0n) is 15.0. The number of nitrogens with one attached hydrogen (secondary N) is 2. The first kappa shape index (κ1) is 18.8. The van der Waals surface area contributed by atoms with E-state index >= 15 is 0 Å². The number of carbonyl (C=O) groups is 1. The van der Waals surface area contributed by atoms with E-state index in [4.69, 9.17) is 11.6 Å². The fraction of sp³-hybridized carbons (Fsp3) is 0.625. The summed E-state index contributed by atoms with van der Waals surface area (Å²) >= 11 is 6.00. The molecule has 3 rings (SSSR count). The fourth-order valence-corrected chi connectivity index (χ4v) is 3.93. The Labute approximate surface area is 155 Å². The van der Waals surface area contributed by atoms with Crippen LogP contribution in [0.25, 0.3) is 11.2 Å². The van der Waals surface area contributed by atoms with Gasteiger partial charge in [-0.1, -0.05) is 6.42 Å². The van der Waals surface area contributed by atoms with Crippen molar-refractivity contribution in [2.45, 2.75) is 44.4 Å². The molecule has 142 valence electrons. The van der Waals surface area contributed by atoms with Crippen molar-refractivity contribution < 1.29 is 15.0 Å². The Morgan fingerprint density at radius 2 is 2.04 bits per heavy atom. The number of nitrogens with zero attached hydrogens (tertiary/aromatic N) is 4. The second kappa shape index (κ2) is 6.64. The lowest BCUT2D eigenvalue weighted by Gasteiger charge is -2.41. The molecule has 0 bridgehead atoms. The maximum Gasteiger partial charge on any atom is 0.228 e. The summed E-state index contributed by atoms with van der Waals surface area (Å²) in [5.74, 6) is 0.0952. The molecule has 2 heterocycles. The van der Waals surface area contributed by atoms with Crippen molar-refractivity contribution in [1.29, 1.82) is 0 Å². The topological polar surface area (TPSA) is 125 Å². The quantitative estimate of drug-likeness (QED) is 0.458. The number of aliphatic hydroxyl groups excluding tert-OH is 1. The first-order chi connectivity index (χ1) is 12.3. The van der Waals surface area contributed by atoms with Crippen molar-refractivity contribution in [1.82, 2.24) is 24.8 Å². The van der Waals surface area contributed by atoms with E-state index in [0.29, 0.717) is 30.6 Å². The first-order valence-corrected chi connectivity index (χ1v) is 8.87. The van der Waals surface area contributed by atoms with Crippen LogP contribution in [0.3, 0.4) is 0 Å². The number of carbonyl (C=O) groups excluding carboxylic acids is 1. The normalized spacial score (nSPS) is 29.4. The van der Waals surface area contributed by atoms with E-state index in [0.717, 1.165) is 0 Å². The van der Waals surface area contributed by atoms with Crippen LogP contribution in [0.1, 0.15) is 32.6 Å². The molecule has 3 atom stereocenters. The van der Waals surface area contributed by atoms with Gasteiger partial charge in [-0.05, 0) is 37.8 Å². The first-order valence-electron chi connectivity index (χ1n) is 8.49. The largest absolute Gasteiger partial charge is 0.387 e. The predicted octanol–water partition coefficient (Wildman–Crippen LogP) is 0.854. The van der Waals surface area contributed by atoms with Gasteiger partial charge < -0.3 is 20.8 Å². The molecule has 0 aliphatic heterocycles. The highest BCUT2D eigenvalue weighted by atomic mass is 35.5. The van der Waals surface area contributed by atoms with Crippen LogP contribution in [-0.4, -0.2) is 55.8 Å². The summed E-state index contributed by atoms with van der Waals surface area (Å²) in [5.41, 5.74) is -2.20. The fourth-order valence-electron chi connectivity index (χ4n) is 3.77. The van der Waals surface area contributed by atoms with E-state index in [1.54, 1.807) is 14.0 Å². The summed E-state index contributed by atoms with van der Waals surface area (Å²) in [5, 5.41) is 28.1. The summed E-state index contributed by atoms with van der Waals surface area (Å²) in [4.78, 5) is 25.0. The molecule has 4 N–H and O–H groups in total. The molecule has 1 saturated carbocycles. The standard InChI is InChI=1S/C16H23ClN6O3/c1-15(13(25)19-3)6-4-5-7-16(26,12(15)24)23-8-20-9-10(18-2)21-14(17)22-11(9)23/h8,12,24,26H,4-7H2,1-3H3,(H,19,25)(H,18,21,22)/t12-,15-,16-/m1/s1. The van der Waals surface area contributed by atoms with Crippen molar-refractivity contribution in [3.8, 4) is 0 Å². The Morgan fingerprint density at radius 3 is 2.69 bits per heavy atom. The van der Waals surface area contributed by atoms with E-state index in [1.165, 1.54) is 17.9 Å². The van der Waals surface area contributed by atoms with Crippen LogP contribution in [0.4, 0.5) is 5.82 Å². The van der Waals surface area contributed by atoms with Crippen LogP contribution in [0.5, 0.6) is 0 Å². The third kappa shape index (κ3) is 2.70. The summed E-state index contributed by atoms with van der Waals surface area (Å²) in [7, 11) is 3.19. The molecule has 0 radical (unpaired) electrons. The van der Waals surface area contributed by atoms with Crippen molar-refractivity contribution in [2.75, 3.05) is 19.4 Å². The highest BCUT2D eigenvalue weighted by Crippen LogP contribution is 2.43. The average Bonchev–Trinajstić information content (AvgIpc) is 3.02. The highest BCUT2D eigenvalue weighted by Gasteiger charge is 2.53. The Balaban J connectivity index is 2.19. The predicted molar refractivity (Wildman–Crippen MR) is 96.7 cm³/mol. The molecular formula is C16H23ClN6O3. The van der Waals surface area contributed by atoms with Gasteiger partial charge >= 0.3 is 0 Å². The van der Waals surface area contributed by atoms with Gasteiger partial charge in [0, 0.05) is 14.1 Å². The summed E-state index contributed by atoms with van der Waals surface area (Å²) in [6, 6.07) is 0. The van der Waals surface area contributed by atoms with Gasteiger partial charge in [0.1, 0.15) is 6.10 Å². The van der Waals surface area contributed by atoms with Crippen LogP contribution < -0.4 is 10.6 Å². The maximum atomic E-state index is 12.5. The zero-order valence-corrected chi connectivity index (χ0v) is 15.7. The SMILES string of the molecule is CNC(=O)[C@]1(C)CCCC[C@](O)(n2cnc3c(NC)nc(Cl)nc32)[C@@H]1O. The van der Waals surface area contributed by atoms with Gasteiger partial charge in [0.2, 0.25) is 11.2 Å². The Bertz CT molecular complexity index is 843. The summed E-state index contributed by atoms with van der Waals surface area (Å²) < 4.78 is 1.40. The van der Waals surface area contributed by atoms with Gasteiger partial charge in [0.25, 0.3) is 0 Å². The van der Waals surface area contributed by atoms with Crippen molar-refractivity contribution in [3.63, 3.8) is 0 Å². The van der Waals surface area contributed by atoms with Gasteiger partial charge in [0.15, 0.2) is 22.7 Å². The van der Waals surface area contributed by atoms with E-state index in [2.05, 4.69) is 25.6 Å². The number of rotatable bonds is 3. The number of hydrogen-bond donors (Lipinski definition) is 4. The number of fused-ring (bicyclic) bond motifs is 1. The molecule has 0 spiro atoms. The van der Waals surface area contributed by atoms with Crippen LogP contribution in [-0.2, 0) is 10.5 Å². The number of anilines is 1. The number of amides is 1. The van der Waals surface area contributed by atoms with Crippen LogP contribution in [0, 0.1) is 5.41 Å². The smallest absolute Gasteiger partial charge is 0.228 e. The molecule has 9 nitrogen and oxygen atoms in total. The van der Waals surface area contributed by atoms with Crippen LogP contribution in [0.15, 0.2) is 6.33 Å². The second-order valence-electron chi connectivity index (χ2n) is 6.86. The van der Waals surface area contributed by atoms with Gasteiger partial charge in [-0.25, -0.2) is 4.98 Å². The summed E-state index contributed by atoms with van der Waals surface area (Å²) in [6.45, 7) is 1.66. The molecule has 2 aromatic heterocycles. The molecule has 26 heavy (non-hydrogen) atoms. The Kier molecular flexibility index (Phi) is 4.80.